The van der Waals surface area contributed by atoms with Crippen LogP contribution in [0.2, 0.25) is 0 Å². The van der Waals surface area contributed by atoms with Gasteiger partial charge in [-0.1, -0.05) is 91.0 Å². The molecule has 6 rings (SSSR count). The Morgan fingerprint density at radius 3 is 1.62 bits per heavy atom. The van der Waals surface area contributed by atoms with Gasteiger partial charge < -0.3 is 0 Å². The monoisotopic (exact) mass is 417 g/mol. The van der Waals surface area contributed by atoms with Gasteiger partial charge in [-0.15, -0.1) is 0 Å². The molecule has 2 bridgehead atoms. The number of hydrogen-bond donors (Lipinski definition) is 0. The van der Waals surface area contributed by atoms with Gasteiger partial charge in [-0.25, -0.2) is 4.90 Å². The molecule has 0 spiro atoms. The minimum atomic E-state index is -0.325. The van der Waals surface area contributed by atoms with Gasteiger partial charge in [0, 0.05) is 11.8 Å². The van der Waals surface area contributed by atoms with E-state index < -0.39 is 0 Å². The molecule has 1 heterocycles. The molecule has 0 radical (unpaired) electrons. The second kappa shape index (κ2) is 7.16. The molecule has 3 nitrogen and oxygen atoms in total. The summed E-state index contributed by atoms with van der Waals surface area (Å²) in [6.45, 7) is 1.95. The quantitative estimate of drug-likeness (QED) is 0.422. The normalized spacial score (nSPS) is 25.5. The van der Waals surface area contributed by atoms with E-state index in [-0.39, 0.29) is 35.5 Å². The zero-order valence-electron chi connectivity index (χ0n) is 17.8. The van der Waals surface area contributed by atoms with Gasteiger partial charge in [0.05, 0.1) is 17.5 Å². The van der Waals surface area contributed by atoms with Crippen molar-refractivity contribution in [3.8, 4) is 0 Å². The zero-order chi connectivity index (χ0) is 21.8. The van der Waals surface area contributed by atoms with Crippen molar-refractivity contribution in [2.24, 2.45) is 23.7 Å². The zero-order valence-corrected chi connectivity index (χ0v) is 17.8. The fraction of sp³-hybridized carbons (Fsp3) is 0.172. The number of para-hydroxylation sites is 1. The SMILES string of the molecule is Cc1ccccc1N1C(=O)[C@@H]2[C@H](C1=O)[C@@H]1C=C[C@@H]2C1=C(c1ccccc1)c1ccccc1. The standard InChI is InChI=1S/C29H23NO2/c1-18-10-8-9-15-23(18)30-28(31)26-21-16-17-22(27(26)29(30)32)25(21)24(19-11-4-2-5-12-19)20-13-6-3-7-14-20/h2-17,21-22,26-27H,1H3/t21-,22-,26-,27+/m1/s1. The molecule has 1 aliphatic heterocycles. The van der Waals surface area contributed by atoms with Crippen molar-refractivity contribution in [2.75, 3.05) is 4.90 Å². The Kier molecular flexibility index (Phi) is 4.25. The number of allylic oxidation sites excluding steroid dienone is 3. The Balaban J connectivity index is 1.50. The number of benzene rings is 3. The highest BCUT2D eigenvalue weighted by Gasteiger charge is 2.62. The van der Waals surface area contributed by atoms with Crippen LogP contribution in [0.1, 0.15) is 16.7 Å². The van der Waals surface area contributed by atoms with Crippen LogP contribution >= 0.6 is 0 Å². The maximum absolute atomic E-state index is 13.6. The highest BCUT2D eigenvalue weighted by atomic mass is 16.2. The lowest BCUT2D eigenvalue weighted by Gasteiger charge is -2.22. The number of rotatable bonds is 3. The minimum absolute atomic E-state index is 0.0501. The van der Waals surface area contributed by atoms with Crippen molar-refractivity contribution in [1.29, 1.82) is 0 Å². The van der Waals surface area contributed by atoms with Gasteiger partial charge >= 0.3 is 0 Å². The van der Waals surface area contributed by atoms with E-state index in [0.29, 0.717) is 5.69 Å². The first kappa shape index (κ1) is 19.0. The van der Waals surface area contributed by atoms with Gasteiger partial charge in [0.15, 0.2) is 0 Å². The number of nitrogens with zero attached hydrogens (tertiary/aromatic N) is 1. The summed E-state index contributed by atoms with van der Waals surface area (Å²) in [5.41, 5.74) is 6.28. The van der Waals surface area contributed by atoms with Gasteiger partial charge in [0.2, 0.25) is 11.8 Å². The lowest BCUT2D eigenvalue weighted by atomic mass is 9.85. The molecule has 32 heavy (non-hydrogen) atoms. The average Bonchev–Trinajstić information content (AvgIpc) is 3.46. The van der Waals surface area contributed by atoms with Crippen LogP contribution < -0.4 is 4.90 Å². The van der Waals surface area contributed by atoms with Crippen LogP contribution in [0.25, 0.3) is 5.57 Å². The predicted octanol–water partition coefficient (Wildman–Crippen LogP) is 5.42. The second-order valence-corrected chi connectivity index (χ2v) is 8.85. The summed E-state index contributed by atoms with van der Waals surface area (Å²) in [6, 6.07) is 28.3. The van der Waals surface area contributed by atoms with Gasteiger partial charge in [-0.2, -0.15) is 0 Å². The summed E-state index contributed by atoms with van der Waals surface area (Å²) in [4.78, 5) is 28.7. The van der Waals surface area contributed by atoms with E-state index in [1.54, 1.807) is 0 Å². The van der Waals surface area contributed by atoms with Crippen LogP contribution in [0, 0.1) is 30.6 Å². The number of hydrogen-bond acceptors (Lipinski definition) is 2. The maximum atomic E-state index is 13.6. The maximum Gasteiger partial charge on any atom is 0.238 e. The topological polar surface area (TPSA) is 37.4 Å². The Bertz CT molecular complexity index is 1210. The van der Waals surface area contributed by atoms with E-state index in [4.69, 9.17) is 0 Å². The molecule has 3 aromatic rings. The first-order valence-electron chi connectivity index (χ1n) is 11.1. The molecule has 3 heteroatoms. The van der Waals surface area contributed by atoms with Crippen molar-refractivity contribution < 1.29 is 9.59 Å². The van der Waals surface area contributed by atoms with E-state index in [1.807, 2.05) is 67.6 Å². The van der Waals surface area contributed by atoms with Gasteiger partial charge in [-0.05, 0) is 40.8 Å². The molecule has 3 aliphatic rings. The van der Waals surface area contributed by atoms with E-state index in [0.717, 1.165) is 22.3 Å². The van der Waals surface area contributed by atoms with Crippen molar-refractivity contribution in [2.45, 2.75) is 6.92 Å². The Hall–Kier alpha value is -3.72. The fourth-order valence-corrected chi connectivity index (χ4v) is 5.86. The van der Waals surface area contributed by atoms with Crippen LogP contribution in [0.15, 0.2) is 103 Å². The summed E-state index contributed by atoms with van der Waals surface area (Å²) in [6.07, 6.45) is 4.30. The summed E-state index contributed by atoms with van der Waals surface area (Å²) >= 11 is 0. The molecule has 1 saturated carbocycles. The molecule has 0 unspecified atom stereocenters. The van der Waals surface area contributed by atoms with Crippen LogP contribution in [0.5, 0.6) is 0 Å². The van der Waals surface area contributed by atoms with Crippen molar-refractivity contribution >= 4 is 23.1 Å². The third-order valence-electron chi connectivity index (χ3n) is 7.19. The van der Waals surface area contributed by atoms with Gasteiger partial charge in [0.1, 0.15) is 0 Å². The smallest absolute Gasteiger partial charge is 0.238 e. The van der Waals surface area contributed by atoms with Crippen LogP contribution in [-0.2, 0) is 9.59 Å². The highest BCUT2D eigenvalue weighted by molar-refractivity contribution is 6.23. The molecular formula is C29H23NO2. The van der Waals surface area contributed by atoms with E-state index in [9.17, 15) is 9.59 Å². The number of carbonyl (C=O) groups is 2. The lowest BCUT2D eigenvalue weighted by molar-refractivity contribution is -0.122. The predicted molar refractivity (Wildman–Crippen MR) is 126 cm³/mol. The Labute approximate surface area is 187 Å². The average molecular weight is 418 g/mol. The molecule has 0 aromatic heterocycles. The van der Waals surface area contributed by atoms with Crippen molar-refractivity contribution in [3.63, 3.8) is 0 Å². The van der Waals surface area contributed by atoms with Gasteiger partial charge in [-0.3, -0.25) is 9.59 Å². The molecular weight excluding hydrogens is 394 g/mol. The molecule has 156 valence electrons. The Morgan fingerprint density at radius 1 is 0.656 bits per heavy atom. The molecule has 2 aliphatic carbocycles. The van der Waals surface area contributed by atoms with E-state index in [2.05, 4.69) is 36.4 Å². The third kappa shape index (κ3) is 2.61. The van der Waals surface area contributed by atoms with Crippen molar-refractivity contribution in [3.05, 3.63) is 119 Å². The minimum Gasteiger partial charge on any atom is -0.274 e. The number of amides is 2. The summed E-state index contributed by atoms with van der Waals surface area (Å²) in [7, 11) is 0. The Morgan fingerprint density at radius 2 is 1.12 bits per heavy atom. The number of aryl methyl sites for hydroxylation is 1. The summed E-state index contributed by atoms with van der Waals surface area (Å²) in [5, 5.41) is 0. The number of anilines is 1. The van der Waals surface area contributed by atoms with Crippen LogP contribution in [0.3, 0.4) is 0 Å². The highest BCUT2D eigenvalue weighted by Crippen LogP contribution is 2.59. The third-order valence-corrected chi connectivity index (χ3v) is 7.19. The molecule has 0 N–H and O–H groups in total. The first-order chi connectivity index (χ1) is 15.7. The van der Waals surface area contributed by atoms with Gasteiger partial charge in [0.25, 0.3) is 0 Å². The van der Waals surface area contributed by atoms with Crippen LogP contribution in [-0.4, -0.2) is 11.8 Å². The molecule has 2 fully saturated rings. The summed E-state index contributed by atoms with van der Waals surface area (Å²) in [5.74, 6) is -0.880. The number of fused-ring (bicyclic) bond motifs is 5. The van der Waals surface area contributed by atoms with E-state index >= 15 is 0 Å². The largest absolute Gasteiger partial charge is 0.274 e. The van der Waals surface area contributed by atoms with Crippen molar-refractivity contribution in [1.82, 2.24) is 0 Å². The number of imide groups is 1. The first-order valence-corrected chi connectivity index (χ1v) is 11.1. The molecule has 4 atom stereocenters. The summed E-state index contributed by atoms with van der Waals surface area (Å²) < 4.78 is 0. The van der Waals surface area contributed by atoms with Crippen LogP contribution in [0.4, 0.5) is 5.69 Å². The molecule has 2 amide bonds. The molecule has 1 saturated heterocycles. The molecule has 3 aromatic carbocycles. The number of carbonyl (C=O) groups excluding carboxylic acids is 2. The van der Waals surface area contributed by atoms with E-state index in [1.165, 1.54) is 10.5 Å². The second-order valence-electron chi connectivity index (χ2n) is 8.85. The fourth-order valence-electron chi connectivity index (χ4n) is 5.86. The lowest BCUT2D eigenvalue weighted by Crippen LogP contribution is -2.33.